The highest BCUT2D eigenvalue weighted by Crippen LogP contribution is 2.09. The Hall–Kier alpha value is -2.28. The zero-order chi connectivity index (χ0) is 13.2. The lowest BCUT2D eigenvalue weighted by atomic mass is 10.1. The minimum Gasteiger partial charge on any atom is -0.508 e. The first kappa shape index (κ1) is 13.8. The van der Waals surface area contributed by atoms with Crippen LogP contribution in [0.2, 0.25) is 0 Å². The van der Waals surface area contributed by atoms with E-state index in [0.29, 0.717) is 5.75 Å². The van der Waals surface area contributed by atoms with E-state index in [4.69, 9.17) is 5.11 Å². The zero-order valence-electron chi connectivity index (χ0n) is 10.4. The summed E-state index contributed by atoms with van der Waals surface area (Å²) in [5.41, 5.74) is 2.35. The Labute approximate surface area is 109 Å². The molecule has 0 aromatic heterocycles. The van der Waals surface area contributed by atoms with E-state index in [9.17, 15) is 0 Å². The first-order chi connectivity index (χ1) is 8.76. The Morgan fingerprint density at radius 2 is 1.50 bits per heavy atom. The van der Waals surface area contributed by atoms with Crippen molar-refractivity contribution < 1.29 is 5.11 Å². The van der Waals surface area contributed by atoms with E-state index in [1.807, 2.05) is 54.6 Å². The Bertz CT molecular complexity index is 469. The van der Waals surface area contributed by atoms with Crippen molar-refractivity contribution in [3.05, 3.63) is 85.0 Å². The molecule has 2 aromatic rings. The molecular weight excluding hydrogens is 220 g/mol. The quantitative estimate of drug-likeness (QED) is 0.783. The minimum absolute atomic E-state index is 0.313. The van der Waals surface area contributed by atoms with Crippen LogP contribution in [0, 0.1) is 0 Å². The number of phenolic OH excluding ortho intramolecular Hbond substituents is 1. The molecule has 0 atom stereocenters. The van der Waals surface area contributed by atoms with Crippen molar-refractivity contribution in [1.82, 2.24) is 0 Å². The minimum atomic E-state index is 0.313. The van der Waals surface area contributed by atoms with Gasteiger partial charge in [-0.05, 0) is 29.7 Å². The average Bonchev–Trinajstić information content (AvgIpc) is 2.43. The fourth-order valence-electron chi connectivity index (χ4n) is 1.39. The Morgan fingerprint density at radius 1 is 0.889 bits per heavy atom. The number of aromatic hydroxyl groups is 1. The molecule has 0 aliphatic carbocycles. The second kappa shape index (κ2) is 7.91. The van der Waals surface area contributed by atoms with Crippen molar-refractivity contribution >= 4 is 6.08 Å². The number of hydrogen-bond acceptors (Lipinski definition) is 1. The molecule has 0 aliphatic heterocycles. The third-order valence-corrected chi connectivity index (χ3v) is 2.35. The van der Waals surface area contributed by atoms with Gasteiger partial charge in [-0.15, -0.1) is 6.58 Å². The summed E-state index contributed by atoms with van der Waals surface area (Å²) in [5.74, 6) is 0.313. The lowest BCUT2D eigenvalue weighted by Gasteiger charge is -1.94. The van der Waals surface area contributed by atoms with Crippen LogP contribution in [0.15, 0.2) is 73.8 Å². The topological polar surface area (TPSA) is 20.2 Å². The van der Waals surface area contributed by atoms with Crippen LogP contribution in [0.3, 0.4) is 0 Å². The van der Waals surface area contributed by atoms with Crippen LogP contribution >= 0.6 is 0 Å². The summed E-state index contributed by atoms with van der Waals surface area (Å²) >= 11 is 0. The van der Waals surface area contributed by atoms with E-state index < -0.39 is 0 Å². The predicted molar refractivity (Wildman–Crippen MR) is 78.5 cm³/mol. The number of phenols is 1. The van der Waals surface area contributed by atoms with Crippen LogP contribution in [0.25, 0.3) is 6.08 Å². The van der Waals surface area contributed by atoms with Gasteiger partial charge in [-0.25, -0.2) is 0 Å². The molecule has 0 heterocycles. The second-order valence-corrected chi connectivity index (χ2v) is 3.77. The van der Waals surface area contributed by atoms with Gasteiger partial charge >= 0.3 is 0 Å². The monoisotopic (exact) mass is 238 g/mol. The molecule has 0 fully saturated rings. The summed E-state index contributed by atoms with van der Waals surface area (Å²) in [5, 5.41) is 8.90. The van der Waals surface area contributed by atoms with Crippen LogP contribution < -0.4 is 0 Å². The molecule has 0 saturated heterocycles. The predicted octanol–water partition coefficient (Wildman–Crippen LogP) is 4.45. The SMILES string of the molecule is C=CCc1ccc(O)cc1.C=Cc1ccccc1. The van der Waals surface area contributed by atoms with Crippen molar-refractivity contribution in [2.75, 3.05) is 0 Å². The van der Waals surface area contributed by atoms with Gasteiger partial charge in [-0.1, -0.05) is 61.2 Å². The summed E-state index contributed by atoms with van der Waals surface area (Å²) in [4.78, 5) is 0. The van der Waals surface area contributed by atoms with Gasteiger partial charge in [0.15, 0.2) is 0 Å². The van der Waals surface area contributed by atoms with E-state index in [0.717, 1.165) is 6.42 Å². The first-order valence-corrected chi connectivity index (χ1v) is 5.82. The second-order valence-electron chi connectivity index (χ2n) is 3.77. The van der Waals surface area contributed by atoms with E-state index in [-0.39, 0.29) is 0 Å². The third-order valence-electron chi connectivity index (χ3n) is 2.35. The van der Waals surface area contributed by atoms with E-state index in [1.165, 1.54) is 11.1 Å². The lowest BCUT2D eigenvalue weighted by Crippen LogP contribution is -1.77. The van der Waals surface area contributed by atoms with Crippen molar-refractivity contribution in [3.63, 3.8) is 0 Å². The highest BCUT2D eigenvalue weighted by Gasteiger charge is 1.87. The Morgan fingerprint density at radius 3 is 1.94 bits per heavy atom. The molecule has 0 unspecified atom stereocenters. The molecule has 18 heavy (non-hydrogen) atoms. The van der Waals surface area contributed by atoms with Crippen LogP contribution in [0.5, 0.6) is 5.75 Å². The lowest BCUT2D eigenvalue weighted by molar-refractivity contribution is 0.475. The molecule has 0 radical (unpaired) electrons. The number of benzene rings is 2. The standard InChI is InChI=1S/C9H10O.C8H8/c1-2-3-8-4-6-9(10)7-5-8;1-2-8-6-4-3-5-7-8/h2,4-7,10H,1,3H2;2-7H,1H2. The fraction of sp³-hybridized carbons (Fsp3) is 0.0588. The normalized spacial score (nSPS) is 8.89. The molecule has 92 valence electrons. The van der Waals surface area contributed by atoms with Gasteiger partial charge in [0.05, 0.1) is 0 Å². The molecule has 1 heteroatoms. The number of rotatable bonds is 3. The summed E-state index contributed by atoms with van der Waals surface area (Å²) in [6.45, 7) is 7.25. The van der Waals surface area contributed by atoms with Crippen molar-refractivity contribution in [1.29, 1.82) is 0 Å². The first-order valence-electron chi connectivity index (χ1n) is 5.82. The third kappa shape index (κ3) is 5.17. The maximum Gasteiger partial charge on any atom is 0.115 e. The molecule has 0 spiro atoms. The molecule has 0 saturated carbocycles. The van der Waals surface area contributed by atoms with E-state index in [2.05, 4.69) is 13.2 Å². The molecule has 0 bridgehead atoms. The molecule has 0 aliphatic rings. The highest BCUT2D eigenvalue weighted by molar-refractivity contribution is 5.45. The van der Waals surface area contributed by atoms with Crippen LogP contribution in [0.4, 0.5) is 0 Å². The van der Waals surface area contributed by atoms with Gasteiger partial charge in [0.1, 0.15) is 5.75 Å². The average molecular weight is 238 g/mol. The Balaban J connectivity index is 0.000000184. The van der Waals surface area contributed by atoms with Crippen molar-refractivity contribution in [2.24, 2.45) is 0 Å². The van der Waals surface area contributed by atoms with Crippen LogP contribution in [-0.4, -0.2) is 5.11 Å². The maximum absolute atomic E-state index is 8.90. The van der Waals surface area contributed by atoms with Gasteiger partial charge < -0.3 is 5.11 Å². The summed E-state index contributed by atoms with van der Waals surface area (Å²) in [7, 11) is 0. The maximum atomic E-state index is 8.90. The molecule has 1 nitrogen and oxygen atoms in total. The van der Waals surface area contributed by atoms with Crippen molar-refractivity contribution in [3.8, 4) is 5.75 Å². The zero-order valence-corrected chi connectivity index (χ0v) is 10.4. The number of allylic oxidation sites excluding steroid dienone is 1. The Kier molecular flexibility index (Phi) is 6.05. The highest BCUT2D eigenvalue weighted by atomic mass is 16.3. The van der Waals surface area contributed by atoms with Crippen molar-refractivity contribution in [2.45, 2.75) is 6.42 Å². The molecule has 0 amide bonds. The molecule has 1 N–H and O–H groups in total. The summed E-state index contributed by atoms with van der Waals surface area (Å²) < 4.78 is 0. The van der Waals surface area contributed by atoms with Gasteiger partial charge in [0.25, 0.3) is 0 Å². The van der Waals surface area contributed by atoms with Gasteiger partial charge in [0, 0.05) is 0 Å². The summed E-state index contributed by atoms with van der Waals surface area (Å²) in [6.07, 6.45) is 4.53. The van der Waals surface area contributed by atoms with Crippen LogP contribution in [-0.2, 0) is 6.42 Å². The smallest absolute Gasteiger partial charge is 0.115 e. The van der Waals surface area contributed by atoms with Gasteiger partial charge in [-0.2, -0.15) is 0 Å². The van der Waals surface area contributed by atoms with Crippen LogP contribution in [0.1, 0.15) is 11.1 Å². The van der Waals surface area contributed by atoms with Gasteiger partial charge in [-0.3, -0.25) is 0 Å². The van der Waals surface area contributed by atoms with E-state index in [1.54, 1.807) is 12.1 Å². The molecule has 2 aromatic carbocycles. The fourth-order valence-corrected chi connectivity index (χ4v) is 1.39. The number of hydrogen-bond donors (Lipinski definition) is 1. The van der Waals surface area contributed by atoms with E-state index >= 15 is 0 Å². The largest absolute Gasteiger partial charge is 0.508 e. The van der Waals surface area contributed by atoms with Gasteiger partial charge in [0.2, 0.25) is 0 Å². The molecular formula is C17H18O. The summed E-state index contributed by atoms with van der Waals surface area (Å²) in [6, 6.07) is 17.2. The molecule has 2 rings (SSSR count).